The minimum absolute atomic E-state index is 0.0305. The second kappa shape index (κ2) is 6.47. The molecular weight excluding hydrogens is 279 g/mol. The van der Waals surface area contributed by atoms with E-state index in [0.29, 0.717) is 11.5 Å². The predicted octanol–water partition coefficient (Wildman–Crippen LogP) is 3.21. The van der Waals surface area contributed by atoms with Gasteiger partial charge in [0, 0.05) is 6.42 Å². The second-order valence-electron chi connectivity index (χ2n) is 4.26. The van der Waals surface area contributed by atoms with Crippen LogP contribution in [-0.4, -0.2) is 27.6 Å². The summed E-state index contributed by atoms with van der Waals surface area (Å²) in [5, 5.41) is 17.4. The fraction of sp³-hybridized carbons (Fsp3) is 0.214. The Morgan fingerprint density at radius 1 is 1.40 bits per heavy atom. The Kier molecular flexibility index (Phi) is 4.68. The van der Waals surface area contributed by atoms with Gasteiger partial charge in [0.2, 0.25) is 0 Å². The van der Waals surface area contributed by atoms with Crippen LogP contribution in [0.5, 0.6) is 0 Å². The summed E-state index contributed by atoms with van der Waals surface area (Å²) >= 11 is 1.17. The molecule has 0 bridgehead atoms. The van der Waals surface area contributed by atoms with Crippen molar-refractivity contribution in [1.82, 2.24) is 0 Å². The molecule has 0 saturated carbocycles. The lowest BCUT2D eigenvalue weighted by Crippen LogP contribution is -2.10. The number of aliphatic carboxylic acids is 1. The molecule has 2 rings (SSSR count). The van der Waals surface area contributed by atoms with Crippen molar-refractivity contribution in [3.8, 4) is 0 Å². The van der Waals surface area contributed by atoms with Gasteiger partial charge in [0.1, 0.15) is 10.9 Å². The number of carbonyl (C=O) groups is 1. The van der Waals surface area contributed by atoms with E-state index in [-0.39, 0.29) is 11.6 Å². The molecule has 0 amide bonds. The molecule has 20 heavy (non-hydrogen) atoms. The Hall–Kier alpha value is -1.95. The van der Waals surface area contributed by atoms with E-state index < -0.39 is 5.97 Å². The number of carboxylic acids is 1. The van der Waals surface area contributed by atoms with E-state index >= 15 is 0 Å². The summed E-state index contributed by atoms with van der Waals surface area (Å²) in [6.07, 6.45) is 2.46. The second-order valence-corrected chi connectivity index (χ2v) is 5.31. The highest BCUT2D eigenvalue weighted by Crippen LogP contribution is 2.21. The van der Waals surface area contributed by atoms with E-state index in [0.717, 1.165) is 16.8 Å². The molecule has 0 saturated heterocycles. The van der Waals surface area contributed by atoms with E-state index in [4.69, 9.17) is 5.11 Å². The van der Waals surface area contributed by atoms with Crippen molar-refractivity contribution in [2.24, 2.45) is 10.2 Å². The third-order valence-electron chi connectivity index (χ3n) is 2.69. The Bertz CT molecular complexity index is 606. The Balaban J connectivity index is 2.13. The summed E-state index contributed by atoms with van der Waals surface area (Å²) < 4.78 is 12.9. The molecule has 1 aromatic rings. The number of nitrogens with zero attached hydrogens (tertiary/aromatic N) is 2. The number of benzene rings is 1. The van der Waals surface area contributed by atoms with Gasteiger partial charge in [0.15, 0.2) is 0 Å². The van der Waals surface area contributed by atoms with Crippen molar-refractivity contribution in [1.29, 1.82) is 0 Å². The summed E-state index contributed by atoms with van der Waals surface area (Å²) in [6, 6.07) is 6.17. The largest absolute Gasteiger partial charge is 0.481 e. The van der Waals surface area contributed by atoms with Crippen LogP contribution >= 0.6 is 11.8 Å². The predicted molar refractivity (Wildman–Crippen MR) is 79.6 cm³/mol. The van der Waals surface area contributed by atoms with E-state index in [2.05, 4.69) is 10.2 Å². The maximum atomic E-state index is 12.9. The van der Waals surface area contributed by atoms with Crippen molar-refractivity contribution in [3.05, 3.63) is 41.2 Å². The Labute approximate surface area is 120 Å². The van der Waals surface area contributed by atoms with Crippen LogP contribution in [0.1, 0.15) is 18.9 Å². The van der Waals surface area contributed by atoms with Crippen molar-refractivity contribution in [2.45, 2.75) is 13.3 Å². The molecule has 1 heterocycles. The van der Waals surface area contributed by atoms with Gasteiger partial charge < -0.3 is 5.11 Å². The van der Waals surface area contributed by atoms with Gasteiger partial charge in [-0.05, 0) is 36.3 Å². The third kappa shape index (κ3) is 4.03. The fourth-order valence-corrected chi connectivity index (χ4v) is 2.31. The van der Waals surface area contributed by atoms with Crippen LogP contribution in [0.25, 0.3) is 6.08 Å². The first-order chi connectivity index (χ1) is 9.54. The average molecular weight is 292 g/mol. The van der Waals surface area contributed by atoms with Crippen LogP contribution in [0.2, 0.25) is 0 Å². The molecule has 6 heteroatoms. The molecule has 0 radical (unpaired) electrons. The molecule has 1 aliphatic heterocycles. The highest BCUT2D eigenvalue weighted by atomic mass is 32.2. The smallest absolute Gasteiger partial charge is 0.313 e. The summed E-state index contributed by atoms with van der Waals surface area (Å²) in [6.45, 7) is 1.84. The summed E-state index contributed by atoms with van der Waals surface area (Å²) in [5.41, 5.74) is 2.62. The van der Waals surface area contributed by atoms with Gasteiger partial charge in [0.25, 0.3) is 0 Å². The first-order valence-electron chi connectivity index (χ1n) is 5.97. The van der Waals surface area contributed by atoms with E-state index in [9.17, 15) is 9.18 Å². The van der Waals surface area contributed by atoms with Crippen molar-refractivity contribution in [3.63, 3.8) is 0 Å². The molecule has 104 valence electrons. The van der Waals surface area contributed by atoms with Crippen LogP contribution < -0.4 is 0 Å². The van der Waals surface area contributed by atoms with Crippen LogP contribution in [-0.2, 0) is 4.79 Å². The lowest BCUT2D eigenvalue weighted by Gasteiger charge is -2.12. The Morgan fingerprint density at radius 3 is 2.75 bits per heavy atom. The number of thioether (sulfide) groups is 1. The first-order valence-corrected chi connectivity index (χ1v) is 6.95. The number of allylic oxidation sites excluding steroid dienone is 1. The standard InChI is InChI=1S/C14H13FN2O2S/c1-9-11(6-10-2-4-12(15)5-3-10)7-13(17-16-9)20-8-14(18)19/h2-6H,7-8H2,1H3,(H,18,19)/b11-6+. The van der Waals surface area contributed by atoms with Crippen molar-refractivity contribution >= 4 is 34.6 Å². The highest BCUT2D eigenvalue weighted by molar-refractivity contribution is 8.14. The monoisotopic (exact) mass is 292 g/mol. The number of rotatable bonds is 3. The van der Waals surface area contributed by atoms with Gasteiger partial charge in [-0.1, -0.05) is 23.9 Å². The molecule has 1 aromatic carbocycles. The van der Waals surface area contributed by atoms with Crippen LogP contribution in [0, 0.1) is 5.82 Å². The highest BCUT2D eigenvalue weighted by Gasteiger charge is 2.14. The molecule has 0 unspecified atom stereocenters. The molecule has 4 nitrogen and oxygen atoms in total. The van der Waals surface area contributed by atoms with E-state index in [1.807, 2.05) is 13.0 Å². The minimum Gasteiger partial charge on any atom is -0.481 e. The zero-order chi connectivity index (χ0) is 14.5. The molecule has 1 N–H and O–H groups in total. The summed E-state index contributed by atoms with van der Waals surface area (Å²) in [4.78, 5) is 10.5. The summed E-state index contributed by atoms with van der Waals surface area (Å²) in [5.74, 6) is -1.19. The van der Waals surface area contributed by atoms with E-state index in [1.54, 1.807) is 12.1 Å². The number of hydrogen-bond donors (Lipinski definition) is 1. The minimum atomic E-state index is -0.881. The van der Waals surface area contributed by atoms with Gasteiger partial charge in [0.05, 0.1) is 11.5 Å². The zero-order valence-corrected chi connectivity index (χ0v) is 11.7. The lowest BCUT2D eigenvalue weighted by molar-refractivity contribution is -0.133. The first kappa shape index (κ1) is 14.5. The topological polar surface area (TPSA) is 62.0 Å². The zero-order valence-electron chi connectivity index (χ0n) is 10.8. The maximum Gasteiger partial charge on any atom is 0.313 e. The molecule has 0 atom stereocenters. The Morgan fingerprint density at radius 2 is 2.10 bits per heavy atom. The molecule has 0 aromatic heterocycles. The van der Waals surface area contributed by atoms with Crippen LogP contribution in [0.4, 0.5) is 4.39 Å². The van der Waals surface area contributed by atoms with Gasteiger partial charge in [-0.2, -0.15) is 5.10 Å². The third-order valence-corrected chi connectivity index (χ3v) is 3.64. The van der Waals surface area contributed by atoms with Gasteiger partial charge in [-0.15, -0.1) is 5.10 Å². The number of hydrogen-bond acceptors (Lipinski definition) is 4. The summed E-state index contributed by atoms with van der Waals surface area (Å²) in [7, 11) is 0. The fourth-order valence-electron chi connectivity index (χ4n) is 1.66. The maximum absolute atomic E-state index is 12.9. The van der Waals surface area contributed by atoms with Crippen molar-refractivity contribution in [2.75, 3.05) is 5.75 Å². The molecule has 0 fully saturated rings. The molecule has 0 spiro atoms. The van der Waals surface area contributed by atoms with Gasteiger partial charge in [-0.25, -0.2) is 4.39 Å². The average Bonchev–Trinajstić information content (AvgIpc) is 2.42. The SMILES string of the molecule is CC1=NN=C(SCC(=O)O)C/C1=C\c1ccc(F)cc1. The lowest BCUT2D eigenvalue weighted by atomic mass is 10.0. The van der Waals surface area contributed by atoms with Crippen LogP contribution in [0.3, 0.4) is 0 Å². The van der Waals surface area contributed by atoms with Crippen LogP contribution in [0.15, 0.2) is 40.0 Å². The molecule has 0 aliphatic carbocycles. The van der Waals surface area contributed by atoms with Crippen molar-refractivity contribution < 1.29 is 14.3 Å². The molecular formula is C14H13FN2O2S. The van der Waals surface area contributed by atoms with Gasteiger partial charge in [-0.3, -0.25) is 4.79 Å². The molecule has 1 aliphatic rings. The quantitative estimate of drug-likeness (QED) is 0.930. The number of carboxylic acid groups (broad SMARTS) is 1. The van der Waals surface area contributed by atoms with Gasteiger partial charge >= 0.3 is 5.97 Å². The number of halogens is 1. The van der Waals surface area contributed by atoms with E-state index in [1.165, 1.54) is 23.9 Å². The normalized spacial score (nSPS) is 16.8.